The molecule has 5 nitrogen and oxygen atoms in total. The van der Waals surface area contributed by atoms with Crippen molar-refractivity contribution in [2.45, 2.75) is 32.2 Å². The van der Waals surface area contributed by atoms with Crippen LogP contribution in [0.4, 0.5) is 17.1 Å². The van der Waals surface area contributed by atoms with Gasteiger partial charge in [-0.3, -0.25) is 9.59 Å². The summed E-state index contributed by atoms with van der Waals surface area (Å²) in [5.74, 6) is -0.00346. The van der Waals surface area contributed by atoms with Crippen molar-refractivity contribution in [1.29, 1.82) is 0 Å². The third-order valence-corrected chi connectivity index (χ3v) is 4.73. The molecule has 2 aromatic carbocycles. The molecule has 1 aliphatic heterocycles. The first-order valence-corrected chi connectivity index (χ1v) is 9.18. The number of rotatable bonds is 5. The Labute approximate surface area is 158 Å². The van der Waals surface area contributed by atoms with Crippen LogP contribution in [0.5, 0.6) is 0 Å². The predicted molar refractivity (Wildman–Crippen MR) is 106 cm³/mol. The van der Waals surface area contributed by atoms with Crippen molar-refractivity contribution in [3.63, 3.8) is 0 Å². The number of carbonyl (C=O) groups excluding carboxylic acids is 2. The SMILES string of the molecule is CCC(=O)Nc1ccc(NC2CCCN(c3ccccc3Cl)C2=O)cc1. The Balaban J connectivity index is 1.69. The Morgan fingerprint density at radius 2 is 1.85 bits per heavy atom. The Morgan fingerprint density at radius 3 is 2.54 bits per heavy atom. The van der Waals surface area contributed by atoms with Crippen molar-refractivity contribution in [1.82, 2.24) is 0 Å². The van der Waals surface area contributed by atoms with E-state index in [2.05, 4.69) is 10.6 Å². The van der Waals surface area contributed by atoms with E-state index in [9.17, 15) is 9.59 Å². The van der Waals surface area contributed by atoms with Gasteiger partial charge in [0.2, 0.25) is 11.8 Å². The first-order chi connectivity index (χ1) is 12.6. The molecule has 0 bridgehead atoms. The number of anilines is 3. The number of nitrogens with zero attached hydrogens (tertiary/aromatic N) is 1. The molecular formula is C20H22ClN3O2. The van der Waals surface area contributed by atoms with E-state index in [0.717, 1.165) is 29.9 Å². The normalized spacial score (nSPS) is 17.1. The second-order valence-corrected chi connectivity index (χ2v) is 6.67. The van der Waals surface area contributed by atoms with Crippen LogP contribution < -0.4 is 15.5 Å². The minimum atomic E-state index is -0.295. The third-order valence-electron chi connectivity index (χ3n) is 4.41. The maximum atomic E-state index is 12.9. The van der Waals surface area contributed by atoms with Crippen molar-refractivity contribution in [2.24, 2.45) is 0 Å². The fraction of sp³-hybridized carbons (Fsp3) is 0.300. The number of hydrogen-bond donors (Lipinski definition) is 2. The summed E-state index contributed by atoms with van der Waals surface area (Å²) in [7, 11) is 0. The highest BCUT2D eigenvalue weighted by Crippen LogP contribution is 2.29. The Bertz CT molecular complexity index is 792. The molecule has 0 aliphatic carbocycles. The van der Waals surface area contributed by atoms with Gasteiger partial charge in [0.25, 0.3) is 0 Å². The van der Waals surface area contributed by atoms with Crippen molar-refractivity contribution < 1.29 is 9.59 Å². The monoisotopic (exact) mass is 371 g/mol. The number of amides is 2. The van der Waals surface area contributed by atoms with Crippen molar-refractivity contribution in [2.75, 3.05) is 22.1 Å². The van der Waals surface area contributed by atoms with E-state index in [0.29, 0.717) is 18.0 Å². The molecule has 2 N–H and O–H groups in total. The molecule has 1 fully saturated rings. The molecule has 3 rings (SSSR count). The van der Waals surface area contributed by atoms with Crippen LogP contribution in [0.2, 0.25) is 5.02 Å². The van der Waals surface area contributed by atoms with Gasteiger partial charge in [0.05, 0.1) is 10.7 Å². The van der Waals surface area contributed by atoms with Gasteiger partial charge in [-0.2, -0.15) is 0 Å². The molecule has 1 atom stereocenters. The molecule has 26 heavy (non-hydrogen) atoms. The summed E-state index contributed by atoms with van der Waals surface area (Å²) < 4.78 is 0. The highest BCUT2D eigenvalue weighted by molar-refractivity contribution is 6.33. The molecule has 1 unspecified atom stereocenters. The second kappa shape index (κ2) is 8.23. The second-order valence-electron chi connectivity index (χ2n) is 6.26. The van der Waals surface area contributed by atoms with Gasteiger partial charge in [-0.15, -0.1) is 0 Å². The third kappa shape index (κ3) is 4.17. The van der Waals surface area contributed by atoms with Crippen LogP contribution >= 0.6 is 11.6 Å². The van der Waals surface area contributed by atoms with E-state index in [4.69, 9.17) is 11.6 Å². The van der Waals surface area contributed by atoms with Crippen LogP contribution in [0.1, 0.15) is 26.2 Å². The summed E-state index contributed by atoms with van der Waals surface area (Å²) >= 11 is 6.25. The summed E-state index contributed by atoms with van der Waals surface area (Å²) in [6.45, 7) is 2.48. The smallest absolute Gasteiger partial charge is 0.249 e. The molecule has 2 aromatic rings. The largest absolute Gasteiger partial charge is 0.374 e. The number of benzene rings is 2. The lowest BCUT2D eigenvalue weighted by molar-refractivity contribution is -0.120. The lowest BCUT2D eigenvalue weighted by atomic mass is 10.0. The van der Waals surface area contributed by atoms with Gasteiger partial charge in [0, 0.05) is 24.3 Å². The maximum Gasteiger partial charge on any atom is 0.249 e. The fourth-order valence-electron chi connectivity index (χ4n) is 3.02. The van der Waals surface area contributed by atoms with E-state index in [1.807, 2.05) is 49.4 Å². The first-order valence-electron chi connectivity index (χ1n) is 8.81. The lowest BCUT2D eigenvalue weighted by Crippen LogP contribution is -2.47. The quantitative estimate of drug-likeness (QED) is 0.823. The van der Waals surface area contributed by atoms with Crippen LogP contribution in [-0.2, 0) is 9.59 Å². The molecular weight excluding hydrogens is 350 g/mol. The Hall–Kier alpha value is -2.53. The average molecular weight is 372 g/mol. The van der Waals surface area contributed by atoms with Crippen LogP contribution in [0, 0.1) is 0 Å². The predicted octanol–water partition coefficient (Wildman–Crippen LogP) is 4.30. The van der Waals surface area contributed by atoms with E-state index in [-0.39, 0.29) is 17.9 Å². The van der Waals surface area contributed by atoms with Gasteiger partial charge in [-0.1, -0.05) is 30.7 Å². The highest BCUT2D eigenvalue weighted by atomic mass is 35.5. The summed E-state index contributed by atoms with van der Waals surface area (Å²) in [5.41, 5.74) is 2.34. The first kappa shape index (κ1) is 18.3. The molecule has 0 aromatic heterocycles. The Morgan fingerprint density at radius 1 is 1.15 bits per heavy atom. The van der Waals surface area contributed by atoms with Crippen molar-refractivity contribution in [3.8, 4) is 0 Å². The number of halogens is 1. The van der Waals surface area contributed by atoms with Gasteiger partial charge in [-0.05, 0) is 49.2 Å². The number of para-hydroxylation sites is 1. The number of carbonyl (C=O) groups is 2. The van der Waals surface area contributed by atoms with Gasteiger partial charge < -0.3 is 15.5 Å². The van der Waals surface area contributed by atoms with Crippen LogP contribution in [-0.4, -0.2) is 24.4 Å². The number of piperidine rings is 1. The zero-order chi connectivity index (χ0) is 18.5. The minimum Gasteiger partial charge on any atom is -0.374 e. The molecule has 1 aliphatic rings. The van der Waals surface area contributed by atoms with E-state index in [1.165, 1.54) is 0 Å². The zero-order valence-corrected chi connectivity index (χ0v) is 15.4. The number of nitrogens with one attached hydrogen (secondary N) is 2. The van der Waals surface area contributed by atoms with Gasteiger partial charge in [0.1, 0.15) is 6.04 Å². The molecule has 6 heteroatoms. The highest BCUT2D eigenvalue weighted by Gasteiger charge is 2.30. The molecule has 2 amide bonds. The molecule has 136 valence electrons. The summed E-state index contributed by atoms with van der Waals surface area (Å²) in [4.78, 5) is 26.1. The van der Waals surface area contributed by atoms with Crippen LogP contribution in [0.25, 0.3) is 0 Å². The van der Waals surface area contributed by atoms with Gasteiger partial charge in [-0.25, -0.2) is 0 Å². The zero-order valence-electron chi connectivity index (χ0n) is 14.7. The number of hydrogen-bond acceptors (Lipinski definition) is 3. The Kier molecular flexibility index (Phi) is 5.78. The lowest BCUT2D eigenvalue weighted by Gasteiger charge is -2.33. The van der Waals surface area contributed by atoms with Gasteiger partial charge >= 0.3 is 0 Å². The fourth-order valence-corrected chi connectivity index (χ4v) is 3.26. The summed E-state index contributed by atoms with van der Waals surface area (Å²) in [6, 6.07) is 14.5. The molecule has 1 heterocycles. The van der Waals surface area contributed by atoms with E-state index in [1.54, 1.807) is 11.0 Å². The standard InChI is InChI=1S/C20H22ClN3O2/c1-2-19(25)23-15-11-9-14(10-12-15)22-17-7-5-13-24(20(17)26)18-8-4-3-6-16(18)21/h3-4,6,8-12,17,22H,2,5,7,13H2,1H3,(H,23,25). The van der Waals surface area contributed by atoms with Gasteiger partial charge in [0.15, 0.2) is 0 Å². The molecule has 0 radical (unpaired) electrons. The average Bonchev–Trinajstić information content (AvgIpc) is 2.65. The van der Waals surface area contributed by atoms with Crippen LogP contribution in [0.15, 0.2) is 48.5 Å². The van der Waals surface area contributed by atoms with Crippen molar-refractivity contribution in [3.05, 3.63) is 53.6 Å². The molecule has 1 saturated heterocycles. The summed E-state index contributed by atoms with van der Waals surface area (Å²) in [5, 5.41) is 6.69. The minimum absolute atomic E-state index is 0.0210. The molecule has 0 saturated carbocycles. The van der Waals surface area contributed by atoms with Crippen molar-refractivity contribution >= 4 is 40.5 Å². The maximum absolute atomic E-state index is 12.9. The molecule has 0 spiro atoms. The topological polar surface area (TPSA) is 61.4 Å². The van der Waals surface area contributed by atoms with E-state index >= 15 is 0 Å². The summed E-state index contributed by atoms with van der Waals surface area (Å²) in [6.07, 6.45) is 2.11. The van der Waals surface area contributed by atoms with E-state index < -0.39 is 0 Å². The van der Waals surface area contributed by atoms with Crippen LogP contribution in [0.3, 0.4) is 0 Å².